The van der Waals surface area contributed by atoms with Crippen LogP contribution >= 0.6 is 22.6 Å². The van der Waals surface area contributed by atoms with Gasteiger partial charge >= 0.3 is 0 Å². The molecule has 0 amide bonds. The van der Waals surface area contributed by atoms with Gasteiger partial charge in [0.25, 0.3) is 0 Å². The van der Waals surface area contributed by atoms with Gasteiger partial charge in [0.05, 0.1) is 0 Å². The van der Waals surface area contributed by atoms with Crippen LogP contribution in [0.4, 0.5) is 0 Å². The molecule has 0 aromatic rings. The summed E-state index contributed by atoms with van der Waals surface area (Å²) >= 11 is 2.56. The first-order valence-electron chi connectivity index (χ1n) is 6.33. The van der Waals surface area contributed by atoms with E-state index in [1.807, 2.05) is 0 Å². The van der Waals surface area contributed by atoms with E-state index in [1.54, 1.807) is 25.7 Å². The van der Waals surface area contributed by atoms with Gasteiger partial charge in [0, 0.05) is 3.92 Å². The summed E-state index contributed by atoms with van der Waals surface area (Å²) in [6.45, 7) is 4.74. The Hall–Kier alpha value is 0.730. The summed E-state index contributed by atoms with van der Waals surface area (Å²) in [6.07, 6.45) is 10.6. The minimum absolute atomic E-state index is 0.861. The Morgan fingerprint density at radius 3 is 2.79 bits per heavy atom. The Bertz CT molecular complexity index is 199. The van der Waals surface area contributed by atoms with E-state index in [9.17, 15) is 0 Å². The number of fused-ring (bicyclic) bond motifs is 1. The number of halogens is 1. The second-order valence-corrected chi connectivity index (χ2v) is 7.62. The highest BCUT2D eigenvalue weighted by Gasteiger charge is 2.60. The molecule has 2 aliphatic rings. The molecule has 0 nitrogen and oxygen atoms in total. The van der Waals surface area contributed by atoms with E-state index < -0.39 is 0 Å². The van der Waals surface area contributed by atoms with Crippen molar-refractivity contribution in [1.82, 2.24) is 0 Å². The van der Waals surface area contributed by atoms with Crippen LogP contribution in [0.5, 0.6) is 0 Å². The standard InChI is InChI=1S/C13H23I/c1-3-11-6-7-12-9-13(11,12)8-4-5-10(2)14/h10-12H,3-9H2,1-2H3/t10-,11?,12?,13?/m0/s1. The van der Waals surface area contributed by atoms with Crippen molar-refractivity contribution in [1.29, 1.82) is 0 Å². The van der Waals surface area contributed by atoms with Gasteiger partial charge in [0.2, 0.25) is 0 Å². The molecule has 2 rings (SSSR count). The predicted octanol–water partition coefficient (Wildman–Crippen LogP) is 4.81. The third kappa shape index (κ3) is 1.98. The SMILES string of the molecule is CCC1CCC2CC12CCC[C@H](C)I. The van der Waals surface area contributed by atoms with Gasteiger partial charge in [-0.15, -0.1) is 0 Å². The topological polar surface area (TPSA) is 0 Å². The molecule has 0 spiro atoms. The Morgan fingerprint density at radius 1 is 1.43 bits per heavy atom. The van der Waals surface area contributed by atoms with E-state index in [4.69, 9.17) is 0 Å². The third-order valence-electron chi connectivity index (χ3n) is 4.69. The zero-order chi connectivity index (χ0) is 10.2. The molecular formula is C13H23I. The molecular weight excluding hydrogens is 283 g/mol. The molecule has 1 heteroatoms. The van der Waals surface area contributed by atoms with Crippen molar-refractivity contribution < 1.29 is 0 Å². The first-order chi connectivity index (χ1) is 6.69. The van der Waals surface area contributed by atoms with Crippen LogP contribution in [0, 0.1) is 17.3 Å². The molecule has 0 aromatic heterocycles. The molecule has 0 saturated heterocycles. The summed E-state index contributed by atoms with van der Waals surface area (Å²) in [6, 6.07) is 0. The highest BCUT2D eigenvalue weighted by Crippen LogP contribution is 2.69. The molecule has 82 valence electrons. The lowest BCUT2D eigenvalue weighted by Crippen LogP contribution is -2.12. The maximum Gasteiger partial charge on any atom is 0.00813 e. The molecule has 0 radical (unpaired) electrons. The van der Waals surface area contributed by atoms with Gasteiger partial charge in [-0.3, -0.25) is 0 Å². The molecule has 2 fully saturated rings. The van der Waals surface area contributed by atoms with E-state index in [0.717, 1.165) is 21.2 Å². The maximum atomic E-state index is 2.56. The van der Waals surface area contributed by atoms with Crippen LogP contribution in [0.2, 0.25) is 0 Å². The number of alkyl halides is 1. The third-order valence-corrected chi connectivity index (χ3v) is 5.32. The van der Waals surface area contributed by atoms with Crippen LogP contribution in [0.1, 0.15) is 58.8 Å². The summed E-state index contributed by atoms with van der Waals surface area (Å²) in [7, 11) is 0. The molecule has 0 heterocycles. The molecule has 4 atom stereocenters. The molecule has 14 heavy (non-hydrogen) atoms. The number of hydrogen-bond donors (Lipinski definition) is 0. The average molecular weight is 306 g/mol. The number of hydrogen-bond acceptors (Lipinski definition) is 0. The largest absolute Gasteiger partial charge is 0.0829 e. The molecule has 0 bridgehead atoms. The zero-order valence-corrected chi connectivity index (χ0v) is 11.7. The van der Waals surface area contributed by atoms with E-state index in [0.29, 0.717) is 0 Å². The minimum Gasteiger partial charge on any atom is -0.0829 e. The fraction of sp³-hybridized carbons (Fsp3) is 1.00. The highest BCUT2D eigenvalue weighted by molar-refractivity contribution is 14.1. The maximum absolute atomic E-state index is 2.56. The Labute approximate surface area is 102 Å². The van der Waals surface area contributed by atoms with Crippen LogP contribution in [0.3, 0.4) is 0 Å². The summed E-state index contributed by atoms with van der Waals surface area (Å²) in [5.41, 5.74) is 0.861. The zero-order valence-electron chi connectivity index (χ0n) is 9.56. The summed E-state index contributed by atoms with van der Waals surface area (Å²) < 4.78 is 0.877. The van der Waals surface area contributed by atoms with Crippen LogP contribution in [-0.2, 0) is 0 Å². The van der Waals surface area contributed by atoms with Gasteiger partial charge < -0.3 is 0 Å². The fourth-order valence-electron chi connectivity index (χ4n) is 3.81. The van der Waals surface area contributed by atoms with E-state index >= 15 is 0 Å². The molecule has 2 saturated carbocycles. The van der Waals surface area contributed by atoms with E-state index in [-0.39, 0.29) is 0 Å². The van der Waals surface area contributed by atoms with Crippen LogP contribution in [0.25, 0.3) is 0 Å². The van der Waals surface area contributed by atoms with Crippen molar-refractivity contribution in [2.75, 3.05) is 0 Å². The molecule has 0 aliphatic heterocycles. The van der Waals surface area contributed by atoms with Gasteiger partial charge in [-0.2, -0.15) is 0 Å². The van der Waals surface area contributed by atoms with Gasteiger partial charge in [-0.25, -0.2) is 0 Å². The van der Waals surface area contributed by atoms with E-state index in [1.165, 1.54) is 19.3 Å². The summed E-state index contributed by atoms with van der Waals surface area (Å²) in [5.74, 6) is 2.24. The van der Waals surface area contributed by atoms with Gasteiger partial charge in [-0.05, 0) is 49.4 Å². The lowest BCUT2D eigenvalue weighted by atomic mass is 9.84. The fourth-order valence-corrected chi connectivity index (χ4v) is 4.25. The second-order valence-electron chi connectivity index (χ2n) is 5.49. The van der Waals surface area contributed by atoms with Crippen LogP contribution < -0.4 is 0 Å². The predicted molar refractivity (Wildman–Crippen MR) is 70.9 cm³/mol. The Balaban J connectivity index is 1.79. The van der Waals surface area contributed by atoms with Gasteiger partial charge in [0.1, 0.15) is 0 Å². The van der Waals surface area contributed by atoms with Gasteiger partial charge in [-0.1, -0.05) is 49.3 Å². The molecule has 0 N–H and O–H groups in total. The monoisotopic (exact) mass is 306 g/mol. The van der Waals surface area contributed by atoms with Crippen molar-refractivity contribution in [3.05, 3.63) is 0 Å². The van der Waals surface area contributed by atoms with Crippen LogP contribution in [0.15, 0.2) is 0 Å². The first kappa shape index (κ1) is 11.2. The smallest absolute Gasteiger partial charge is 0.00813 e. The summed E-state index contributed by atoms with van der Waals surface area (Å²) in [4.78, 5) is 0. The molecule has 2 aliphatic carbocycles. The Morgan fingerprint density at radius 2 is 2.21 bits per heavy atom. The van der Waals surface area contributed by atoms with Crippen molar-refractivity contribution in [2.24, 2.45) is 17.3 Å². The summed E-state index contributed by atoms with van der Waals surface area (Å²) in [5, 5.41) is 0. The van der Waals surface area contributed by atoms with Crippen molar-refractivity contribution in [2.45, 2.75) is 62.7 Å². The first-order valence-corrected chi connectivity index (χ1v) is 7.57. The molecule has 3 unspecified atom stereocenters. The van der Waals surface area contributed by atoms with Gasteiger partial charge in [0.15, 0.2) is 0 Å². The van der Waals surface area contributed by atoms with Crippen LogP contribution in [-0.4, -0.2) is 3.92 Å². The average Bonchev–Trinajstić information content (AvgIpc) is 2.73. The second kappa shape index (κ2) is 4.31. The lowest BCUT2D eigenvalue weighted by molar-refractivity contribution is 0.288. The lowest BCUT2D eigenvalue weighted by Gasteiger charge is -2.22. The quantitative estimate of drug-likeness (QED) is 0.505. The number of rotatable bonds is 5. The highest BCUT2D eigenvalue weighted by atomic mass is 127. The molecule has 0 aromatic carbocycles. The van der Waals surface area contributed by atoms with Crippen molar-refractivity contribution in [3.63, 3.8) is 0 Å². The minimum atomic E-state index is 0.861. The van der Waals surface area contributed by atoms with E-state index in [2.05, 4.69) is 36.4 Å². The Kier molecular flexibility index (Phi) is 3.45. The van der Waals surface area contributed by atoms with Crippen molar-refractivity contribution in [3.8, 4) is 0 Å². The van der Waals surface area contributed by atoms with Crippen molar-refractivity contribution >= 4 is 22.6 Å². The normalized spacial score (nSPS) is 42.2.